The van der Waals surface area contributed by atoms with Crippen molar-refractivity contribution in [1.29, 1.82) is 5.26 Å². The molecule has 0 saturated carbocycles. The largest absolute Gasteiger partial charge is 0.361 e. The Morgan fingerprint density at radius 3 is 2.88 bits per heavy atom. The molecule has 92 valence electrons. The van der Waals surface area contributed by atoms with Crippen molar-refractivity contribution < 1.29 is 4.74 Å². The van der Waals surface area contributed by atoms with Crippen LogP contribution in [0.5, 0.6) is 0 Å². The van der Waals surface area contributed by atoms with E-state index in [0.29, 0.717) is 6.61 Å². The molecule has 0 radical (unpaired) electrons. The van der Waals surface area contributed by atoms with Gasteiger partial charge in [-0.15, -0.1) is 0 Å². The second-order valence-corrected chi connectivity index (χ2v) is 5.32. The lowest BCUT2D eigenvalue weighted by atomic mass is 10.1. The third-order valence-electron chi connectivity index (χ3n) is 2.60. The molecule has 4 heteroatoms. The molecule has 1 saturated heterocycles. The number of hydrogen-bond acceptors (Lipinski definition) is 4. The third-order valence-corrected chi connectivity index (χ3v) is 2.60. The fourth-order valence-electron chi connectivity index (χ4n) is 1.75. The normalized spacial score (nSPS) is 23.0. The van der Waals surface area contributed by atoms with Gasteiger partial charge in [0.05, 0.1) is 12.7 Å². The first-order valence-corrected chi connectivity index (χ1v) is 6.00. The van der Waals surface area contributed by atoms with Crippen LogP contribution in [0.15, 0.2) is 0 Å². The Morgan fingerprint density at radius 1 is 1.50 bits per heavy atom. The molecule has 0 amide bonds. The Bertz CT molecular complexity index is 242. The molecule has 0 aromatic carbocycles. The zero-order valence-corrected chi connectivity index (χ0v) is 10.6. The summed E-state index contributed by atoms with van der Waals surface area (Å²) in [7, 11) is 0. The van der Waals surface area contributed by atoms with Crippen LogP contribution in [0, 0.1) is 11.3 Å². The highest BCUT2D eigenvalue weighted by Gasteiger charge is 2.19. The summed E-state index contributed by atoms with van der Waals surface area (Å²) in [5, 5.41) is 12.2. The van der Waals surface area contributed by atoms with E-state index >= 15 is 0 Å². The van der Waals surface area contributed by atoms with Crippen molar-refractivity contribution >= 4 is 0 Å². The van der Waals surface area contributed by atoms with Crippen LogP contribution in [-0.4, -0.2) is 49.3 Å². The van der Waals surface area contributed by atoms with Gasteiger partial charge in [-0.25, -0.2) is 0 Å². The highest BCUT2D eigenvalue weighted by Crippen LogP contribution is 2.05. The number of morpholine rings is 1. The van der Waals surface area contributed by atoms with Gasteiger partial charge in [0.2, 0.25) is 0 Å². The SMILES string of the molecule is CC(C)(C)NCCCN1CCOC(C#N)C1. The van der Waals surface area contributed by atoms with Crippen molar-refractivity contribution in [2.75, 3.05) is 32.8 Å². The maximum absolute atomic E-state index is 8.77. The lowest BCUT2D eigenvalue weighted by molar-refractivity contribution is 0.000177. The van der Waals surface area contributed by atoms with Crippen molar-refractivity contribution in [3.05, 3.63) is 0 Å². The van der Waals surface area contributed by atoms with Crippen LogP contribution in [0.25, 0.3) is 0 Å². The van der Waals surface area contributed by atoms with E-state index in [0.717, 1.165) is 32.6 Å². The molecule has 0 aromatic rings. The van der Waals surface area contributed by atoms with Gasteiger partial charge >= 0.3 is 0 Å². The smallest absolute Gasteiger partial charge is 0.156 e. The molecule has 1 atom stereocenters. The fourth-order valence-corrected chi connectivity index (χ4v) is 1.75. The predicted molar refractivity (Wildman–Crippen MR) is 64.2 cm³/mol. The molecule has 0 bridgehead atoms. The number of ether oxygens (including phenoxy) is 1. The van der Waals surface area contributed by atoms with Gasteiger partial charge in [0.1, 0.15) is 0 Å². The first kappa shape index (κ1) is 13.4. The van der Waals surface area contributed by atoms with Gasteiger partial charge < -0.3 is 10.1 Å². The summed E-state index contributed by atoms with van der Waals surface area (Å²) in [5.41, 5.74) is 0.195. The van der Waals surface area contributed by atoms with Crippen LogP contribution in [0.2, 0.25) is 0 Å². The molecule has 1 aliphatic rings. The Morgan fingerprint density at radius 2 is 2.25 bits per heavy atom. The van der Waals surface area contributed by atoms with Crippen molar-refractivity contribution in [2.24, 2.45) is 0 Å². The predicted octanol–water partition coefficient (Wildman–Crippen LogP) is 0.989. The van der Waals surface area contributed by atoms with E-state index < -0.39 is 0 Å². The van der Waals surface area contributed by atoms with Crippen LogP contribution >= 0.6 is 0 Å². The topological polar surface area (TPSA) is 48.3 Å². The molecule has 1 fully saturated rings. The highest BCUT2D eigenvalue weighted by molar-refractivity contribution is 4.89. The molecule has 1 aliphatic heterocycles. The Hall–Kier alpha value is -0.630. The lowest BCUT2D eigenvalue weighted by Gasteiger charge is -2.30. The van der Waals surface area contributed by atoms with Crippen LogP contribution < -0.4 is 5.32 Å². The van der Waals surface area contributed by atoms with Crippen molar-refractivity contribution in [2.45, 2.75) is 38.8 Å². The first-order chi connectivity index (χ1) is 7.51. The maximum Gasteiger partial charge on any atom is 0.156 e. The molecule has 4 nitrogen and oxygen atoms in total. The average Bonchev–Trinajstić information content (AvgIpc) is 2.23. The van der Waals surface area contributed by atoms with Crippen LogP contribution in [0.3, 0.4) is 0 Å². The van der Waals surface area contributed by atoms with E-state index in [4.69, 9.17) is 10.00 Å². The molecular weight excluding hydrogens is 202 g/mol. The van der Waals surface area contributed by atoms with E-state index in [2.05, 4.69) is 37.1 Å². The molecule has 1 unspecified atom stereocenters. The molecule has 0 aliphatic carbocycles. The standard InChI is InChI=1S/C12H23N3O/c1-12(2,3)14-5-4-6-15-7-8-16-11(9-13)10-15/h11,14H,4-8,10H2,1-3H3. The summed E-state index contributed by atoms with van der Waals surface area (Å²) in [5.74, 6) is 0. The molecule has 1 rings (SSSR count). The number of nitrogens with zero attached hydrogens (tertiary/aromatic N) is 2. The Kier molecular flexibility index (Phi) is 5.20. The van der Waals surface area contributed by atoms with Gasteiger partial charge in [0, 0.05) is 18.6 Å². The van der Waals surface area contributed by atoms with Crippen molar-refractivity contribution in [1.82, 2.24) is 10.2 Å². The van der Waals surface area contributed by atoms with E-state index in [1.807, 2.05) is 0 Å². The van der Waals surface area contributed by atoms with Crippen LogP contribution in [0.4, 0.5) is 0 Å². The Balaban J connectivity index is 2.11. The van der Waals surface area contributed by atoms with Gasteiger partial charge in [-0.3, -0.25) is 4.90 Å². The minimum atomic E-state index is -0.232. The summed E-state index contributed by atoms with van der Waals surface area (Å²) < 4.78 is 5.30. The van der Waals surface area contributed by atoms with Gasteiger partial charge in [-0.1, -0.05) is 0 Å². The van der Waals surface area contributed by atoms with Gasteiger partial charge in [-0.05, 0) is 40.3 Å². The summed E-state index contributed by atoms with van der Waals surface area (Å²) in [6.07, 6.45) is 0.888. The molecule has 1 N–H and O–H groups in total. The third kappa shape index (κ3) is 5.45. The average molecular weight is 225 g/mol. The molecular formula is C12H23N3O. The monoisotopic (exact) mass is 225 g/mol. The Labute approximate surface area is 98.6 Å². The quantitative estimate of drug-likeness (QED) is 0.725. The second-order valence-electron chi connectivity index (χ2n) is 5.32. The summed E-state index contributed by atoms with van der Waals surface area (Å²) in [4.78, 5) is 2.31. The number of rotatable bonds is 4. The number of nitrogens with one attached hydrogen (secondary N) is 1. The summed E-state index contributed by atoms with van der Waals surface area (Å²) >= 11 is 0. The van der Waals surface area contributed by atoms with Crippen LogP contribution in [0.1, 0.15) is 27.2 Å². The second kappa shape index (κ2) is 6.19. The molecule has 0 aromatic heterocycles. The number of hydrogen-bond donors (Lipinski definition) is 1. The summed E-state index contributed by atoms with van der Waals surface area (Å²) in [6, 6.07) is 2.17. The minimum Gasteiger partial charge on any atom is -0.361 e. The first-order valence-electron chi connectivity index (χ1n) is 6.00. The zero-order chi connectivity index (χ0) is 12.0. The van der Waals surface area contributed by atoms with Gasteiger partial charge in [0.15, 0.2) is 6.10 Å². The van der Waals surface area contributed by atoms with Crippen molar-refractivity contribution in [3.63, 3.8) is 0 Å². The lowest BCUT2D eigenvalue weighted by Crippen LogP contribution is -2.43. The molecule has 1 heterocycles. The van der Waals surface area contributed by atoms with Gasteiger partial charge in [-0.2, -0.15) is 5.26 Å². The fraction of sp³-hybridized carbons (Fsp3) is 0.917. The van der Waals surface area contributed by atoms with Crippen LogP contribution in [-0.2, 0) is 4.74 Å². The van der Waals surface area contributed by atoms with E-state index in [1.165, 1.54) is 0 Å². The molecule has 0 spiro atoms. The van der Waals surface area contributed by atoms with Crippen molar-refractivity contribution in [3.8, 4) is 6.07 Å². The van der Waals surface area contributed by atoms with E-state index in [-0.39, 0.29) is 11.6 Å². The molecule has 16 heavy (non-hydrogen) atoms. The zero-order valence-electron chi connectivity index (χ0n) is 10.6. The number of nitriles is 1. The highest BCUT2D eigenvalue weighted by atomic mass is 16.5. The maximum atomic E-state index is 8.77. The van der Waals surface area contributed by atoms with E-state index in [9.17, 15) is 0 Å². The van der Waals surface area contributed by atoms with Gasteiger partial charge in [0.25, 0.3) is 0 Å². The van der Waals surface area contributed by atoms with E-state index in [1.54, 1.807) is 0 Å². The summed E-state index contributed by atoms with van der Waals surface area (Å²) in [6.45, 7) is 11.0. The minimum absolute atomic E-state index is 0.195.